The van der Waals surface area contributed by atoms with E-state index in [-0.39, 0.29) is 5.75 Å². The highest BCUT2D eigenvalue weighted by Gasteiger charge is 2.08. The lowest BCUT2D eigenvalue weighted by atomic mass is 10.2. The van der Waals surface area contributed by atoms with Crippen LogP contribution in [0.5, 0.6) is 11.5 Å². The second-order valence-electron chi connectivity index (χ2n) is 2.84. The van der Waals surface area contributed by atoms with Gasteiger partial charge < -0.3 is 15.6 Å². The van der Waals surface area contributed by atoms with Gasteiger partial charge in [-0.15, -0.1) is 0 Å². The topological polar surface area (TPSA) is 81.3 Å². The van der Waals surface area contributed by atoms with Gasteiger partial charge in [-0.25, -0.2) is 0 Å². The molecule has 0 aliphatic rings. The van der Waals surface area contributed by atoms with Gasteiger partial charge in [0.05, 0.1) is 7.11 Å². The highest BCUT2D eigenvalue weighted by molar-refractivity contribution is 7.09. The van der Waals surface area contributed by atoms with Crippen molar-refractivity contribution in [2.24, 2.45) is 0 Å². The van der Waals surface area contributed by atoms with E-state index >= 15 is 0 Å². The molecule has 2 aromatic rings. The number of aromatic hydroxyl groups is 1. The summed E-state index contributed by atoms with van der Waals surface area (Å²) in [5.74, 6) is 0.987. The fraction of sp³-hybridized carbons (Fsp3) is 0.111. The Kier molecular flexibility index (Phi) is 2.42. The van der Waals surface area contributed by atoms with Crippen molar-refractivity contribution in [2.75, 3.05) is 12.8 Å². The summed E-state index contributed by atoms with van der Waals surface area (Å²) in [5.41, 5.74) is 6.18. The molecule has 5 nitrogen and oxygen atoms in total. The predicted molar refractivity (Wildman–Crippen MR) is 58.0 cm³/mol. The van der Waals surface area contributed by atoms with E-state index in [9.17, 15) is 5.11 Å². The van der Waals surface area contributed by atoms with Crippen LogP contribution < -0.4 is 10.5 Å². The number of benzene rings is 1. The van der Waals surface area contributed by atoms with Gasteiger partial charge in [0.25, 0.3) is 0 Å². The molecule has 0 atom stereocenters. The minimum absolute atomic E-state index is 0.0587. The Morgan fingerprint density at radius 2 is 2.27 bits per heavy atom. The van der Waals surface area contributed by atoms with Gasteiger partial charge in [0.15, 0.2) is 22.5 Å². The van der Waals surface area contributed by atoms with Crippen LogP contribution in [-0.2, 0) is 0 Å². The van der Waals surface area contributed by atoms with Crippen molar-refractivity contribution in [3.05, 3.63) is 18.2 Å². The molecule has 0 spiro atoms. The first-order valence-corrected chi connectivity index (χ1v) is 4.94. The van der Waals surface area contributed by atoms with Gasteiger partial charge in [-0.3, -0.25) is 0 Å². The fourth-order valence-corrected chi connectivity index (χ4v) is 1.64. The van der Waals surface area contributed by atoms with Crippen LogP contribution in [0, 0.1) is 0 Å². The molecule has 1 aromatic carbocycles. The van der Waals surface area contributed by atoms with E-state index < -0.39 is 0 Å². The van der Waals surface area contributed by atoms with Crippen molar-refractivity contribution >= 4 is 16.7 Å². The summed E-state index contributed by atoms with van der Waals surface area (Å²) < 4.78 is 8.96. The summed E-state index contributed by atoms with van der Waals surface area (Å²) in [6.07, 6.45) is 0. The van der Waals surface area contributed by atoms with E-state index in [2.05, 4.69) is 9.36 Å². The molecular formula is C9H9N3O2S. The summed E-state index contributed by atoms with van der Waals surface area (Å²) in [6.45, 7) is 0. The van der Waals surface area contributed by atoms with Crippen molar-refractivity contribution in [3.63, 3.8) is 0 Å². The Hall–Kier alpha value is -1.82. The number of phenols is 1. The van der Waals surface area contributed by atoms with Gasteiger partial charge >= 0.3 is 0 Å². The lowest BCUT2D eigenvalue weighted by Crippen LogP contribution is -1.86. The van der Waals surface area contributed by atoms with Crippen LogP contribution >= 0.6 is 11.5 Å². The molecule has 0 amide bonds. The maximum Gasteiger partial charge on any atom is 0.200 e. The Morgan fingerprint density at radius 3 is 2.80 bits per heavy atom. The van der Waals surface area contributed by atoms with Crippen LogP contribution in [0.2, 0.25) is 0 Å². The monoisotopic (exact) mass is 223 g/mol. The lowest BCUT2D eigenvalue weighted by Gasteiger charge is -2.03. The number of phenolic OH excluding ortho intramolecular Hbond substituents is 1. The first-order valence-electron chi connectivity index (χ1n) is 4.17. The third-order valence-electron chi connectivity index (χ3n) is 1.88. The van der Waals surface area contributed by atoms with Crippen molar-refractivity contribution in [2.45, 2.75) is 0 Å². The molecule has 0 aliphatic carbocycles. The number of nitrogens with zero attached hydrogens (tertiary/aromatic N) is 2. The smallest absolute Gasteiger partial charge is 0.200 e. The molecule has 3 N–H and O–H groups in total. The molecule has 0 bridgehead atoms. The van der Waals surface area contributed by atoms with Crippen molar-refractivity contribution in [1.82, 2.24) is 9.36 Å². The second-order valence-corrected chi connectivity index (χ2v) is 3.63. The first-order chi connectivity index (χ1) is 7.20. The minimum atomic E-state index is 0.0587. The first kappa shape index (κ1) is 9.72. The molecule has 0 unspecified atom stereocenters. The average Bonchev–Trinajstić information content (AvgIpc) is 2.65. The SMILES string of the molecule is COc1ccc(-c2nsc(N)n2)cc1O. The summed E-state index contributed by atoms with van der Waals surface area (Å²) in [7, 11) is 1.49. The van der Waals surface area contributed by atoms with Crippen LogP contribution in [0.15, 0.2) is 18.2 Å². The van der Waals surface area contributed by atoms with E-state index in [0.29, 0.717) is 22.3 Å². The maximum atomic E-state index is 9.55. The van der Waals surface area contributed by atoms with E-state index in [0.717, 1.165) is 11.5 Å². The molecule has 0 fully saturated rings. The van der Waals surface area contributed by atoms with Gasteiger partial charge in [-0.2, -0.15) is 9.36 Å². The molecule has 0 radical (unpaired) electrons. The molecule has 78 valence electrons. The van der Waals surface area contributed by atoms with Gasteiger partial charge in [0.1, 0.15) is 0 Å². The molecule has 1 heterocycles. The number of rotatable bonds is 2. The van der Waals surface area contributed by atoms with Gasteiger partial charge in [-0.1, -0.05) is 0 Å². The number of aromatic nitrogens is 2. The maximum absolute atomic E-state index is 9.55. The van der Waals surface area contributed by atoms with Crippen LogP contribution in [0.1, 0.15) is 0 Å². The molecule has 1 aromatic heterocycles. The van der Waals surface area contributed by atoms with Crippen LogP contribution in [0.25, 0.3) is 11.4 Å². The number of hydrogen-bond acceptors (Lipinski definition) is 6. The summed E-state index contributed by atoms with van der Waals surface area (Å²) in [5, 5.41) is 9.95. The molecule has 15 heavy (non-hydrogen) atoms. The molecule has 0 aliphatic heterocycles. The van der Waals surface area contributed by atoms with Gasteiger partial charge in [0, 0.05) is 17.1 Å². The third kappa shape index (κ3) is 1.84. The number of nitrogens with two attached hydrogens (primary N) is 1. The van der Waals surface area contributed by atoms with Crippen LogP contribution in [0.3, 0.4) is 0 Å². The number of ether oxygens (including phenoxy) is 1. The van der Waals surface area contributed by atoms with Crippen molar-refractivity contribution < 1.29 is 9.84 Å². The number of methoxy groups -OCH3 is 1. The molecule has 2 rings (SSSR count). The lowest BCUT2D eigenvalue weighted by molar-refractivity contribution is 0.373. The molecule has 0 saturated carbocycles. The Balaban J connectivity index is 2.42. The van der Waals surface area contributed by atoms with Gasteiger partial charge in [-0.05, 0) is 18.2 Å². The Bertz CT molecular complexity index is 484. The average molecular weight is 223 g/mol. The number of nitrogen functional groups attached to an aromatic ring is 1. The van der Waals surface area contributed by atoms with E-state index in [1.807, 2.05) is 0 Å². The van der Waals surface area contributed by atoms with E-state index in [4.69, 9.17) is 10.5 Å². The van der Waals surface area contributed by atoms with Crippen molar-refractivity contribution in [1.29, 1.82) is 0 Å². The highest BCUT2D eigenvalue weighted by atomic mass is 32.1. The van der Waals surface area contributed by atoms with E-state index in [1.165, 1.54) is 7.11 Å². The van der Waals surface area contributed by atoms with Crippen molar-refractivity contribution in [3.8, 4) is 22.9 Å². The Morgan fingerprint density at radius 1 is 1.47 bits per heavy atom. The van der Waals surface area contributed by atoms with Gasteiger partial charge in [0.2, 0.25) is 0 Å². The highest BCUT2D eigenvalue weighted by Crippen LogP contribution is 2.30. The largest absolute Gasteiger partial charge is 0.504 e. The molecule has 6 heteroatoms. The third-order valence-corrected chi connectivity index (χ3v) is 2.42. The summed E-state index contributed by atoms with van der Waals surface area (Å²) >= 11 is 1.12. The Labute approximate surface area is 90.3 Å². The second kappa shape index (κ2) is 3.74. The normalized spacial score (nSPS) is 10.2. The number of anilines is 1. The zero-order chi connectivity index (χ0) is 10.8. The standard InChI is InChI=1S/C9H9N3O2S/c1-14-7-3-2-5(4-6(7)13)8-11-9(10)15-12-8/h2-4,13H,1H3,(H2,10,11,12). The summed E-state index contributed by atoms with van der Waals surface area (Å²) in [6, 6.07) is 4.96. The molecular weight excluding hydrogens is 214 g/mol. The fourth-order valence-electron chi connectivity index (χ4n) is 1.18. The molecule has 0 saturated heterocycles. The van der Waals surface area contributed by atoms with Crippen LogP contribution in [0.4, 0.5) is 5.13 Å². The zero-order valence-electron chi connectivity index (χ0n) is 7.97. The minimum Gasteiger partial charge on any atom is -0.504 e. The zero-order valence-corrected chi connectivity index (χ0v) is 8.78. The predicted octanol–water partition coefficient (Wildman–Crippen LogP) is 1.50. The van der Waals surface area contributed by atoms with E-state index in [1.54, 1.807) is 18.2 Å². The quantitative estimate of drug-likeness (QED) is 0.806. The van der Waals surface area contributed by atoms with Crippen LogP contribution in [-0.4, -0.2) is 21.6 Å². The number of hydrogen-bond donors (Lipinski definition) is 2. The summed E-state index contributed by atoms with van der Waals surface area (Å²) in [4.78, 5) is 4.01.